The van der Waals surface area contributed by atoms with Gasteiger partial charge in [-0.3, -0.25) is 0 Å². The van der Waals surface area contributed by atoms with Crippen molar-refractivity contribution < 1.29 is 9.94 Å². The Bertz CT molecular complexity index is 664. The topological polar surface area (TPSA) is 41.8 Å². The first-order valence-corrected chi connectivity index (χ1v) is 8.00. The van der Waals surface area contributed by atoms with Crippen LogP contribution < -0.4 is 4.74 Å². The van der Waals surface area contributed by atoms with Crippen LogP contribution in [0.25, 0.3) is 10.6 Å². The number of oxime groups is 1. The van der Waals surface area contributed by atoms with Crippen LogP contribution in [0.1, 0.15) is 30.9 Å². The second kappa shape index (κ2) is 9.01. The molecule has 0 saturated carbocycles. The molecule has 2 rings (SSSR count). The molecule has 1 N–H and O–H groups in total. The van der Waals surface area contributed by atoms with Crippen molar-refractivity contribution in [2.24, 2.45) is 5.16 Å². The quantitative estimate of drug-likeness (QED) is 0.242. The number of halogens is 1. The van der Waals surface area contributed by atoms with E-state index in [2.05, 4.69) is 12.1 Å². The fraction of sp³-hybridized carbons (Fsp3) is 0.211. The average molecular weight is 330 g/mol. The molecule has 23 heavy (non-hydrogen) atoms. The van der Waals surface area contributed by atoms with Crippen molar-refractivity contribution in [3.05, 3.63) is 65.7 Å². The minimum absolute atomic E-state index is 0.522. The molecule has 0 aliphatic heterocycles. The lowest BCUT2D eigenvalue weighted by Gasteiger charge is -2.09. The summed E-state index contributed by atoms with van der Waals surface area (Å²) < 4.78 is 5.65. The number of hydrogen-bond acceptors (Lipinski definition) is 3. The zero-order chi connectivity index (χ0) is 16.5. The zero-order valence-electron chi connectivity index (χ0n) is 13.1. The molecule has 0 bridgehead atoms. The summed E-state index contributed by atoms with van der Waals surface area (Å²) in [5.74, 6) is 0.823. The summed E-state index contributed by atoms with van der Waals surface area (Å²) in [6, 6.07) is 17.2. The van der Waals surface area contributed by atoms with Gasteiger partial charge in [-0.05, 0) is 41.8 Å². The number of rotatable bonds is 7. The van der Waals surface area contributed by atoms with Crippen LogP contribution in [-0.2, 0) is 0 Å². The minimum Gasteiger partial charge on any atom is -0.494 e. The normalized spacial score (nSPS) is 12.3. The summed E-state index contributed by atoms with van der Waals surface area (Å²) >= 11 is 6.50. The molecular weight excluding hydrogens is 310 g/mol. The largest absolute Gasteiger partial charge is 0.494 e. The molecule has 0 unspecified atom stereocenters. The van der Waals surface area contributed by atoms with Crippen molar-refractivity contribution in [3.63, 3.8) is 0 Å². The molecule has 0 aliphatic carbocycles. The van der Waals surface area contributed by atoms with Crippen LogP contribution >= 0.6 is 11.6 Å². The number of hydrogen-bond donors (Lipinski definition) is 1. The first-order chi connectivity index (χ1) is 11.3. The Morgan fingerprint density at radius 1 is 1.09 bits per heavy atom. The van der Waals surface area contributed by atoms with E-state index in [9.17, 15) is 0 Å². The predicted molar refractivity (Wildman–Crippen MR) is 96.2 cm³/mol. The van der Waals surface area contributed by atoms with Crippen LogP contribution in [0, 0.1) is 0 Å². The van der Waals surface area contributed by atoms with Crippen molar-refractivity contribution in [2.75, 3.05) is 6.61 Å². The highest BCUT2D eigenvalue weighted by atomic mass is 35.5. The van der Waals surface area contributed by atoms with E-state index in [0.29, 0.717) is 17.2 Å². The first-order valence-electron chi connectivity index (χ1n) is 7.62. The molecule has 2 aromatic carbocycles. The van der Waals surface area contributed by atoms with E-state index in [1.807, 2.05) is 54.6 Å². The molecule has 3 nitrogen and oxygen atoms in total. The SMILES string of the molecule is CCCCOc1ccc(C(Cl)=C(C=NO)c2ccccc2)cc1. The standard InChI is InChI=1S/C19H20ClNO2/c1-2-3-13-23-17-11-9-16(10-12-17)19(20)18(14-21-22)15-7-5-4-6-8-15/h4-12,14,22H,2-3,13H2,1H3. The summed E-state index contributed by atoms with van der Waals surface area (Å²) in [6.07, 6.45) is 3.49. The lowest BCUT2D eigenvalue weighted by Crippen LogP contribution is -1.96. The third-order valence-corrected chi connectivity index (χ3v) is 3.80. The molecule has 0 saturated heterocycles. The Morgan fingerprint density at radius 2 is 1.78 bits per heavy atom. The van der Waals surface area contributed by atoms with Gasteiger partial charge in [-0.1, -0.05) is 60.4 Å². The Balaban J connectivity index is 2.26. The number of unbranched alkanes of at least 4 members (excludes halogenated alkanes) is 1. The molecule has 120 valence electrons. The van der Waals surface area contributed by atoms with Crippen LogP contribution in [0.2, 0.25) is 0 Å². The van der Waals surface area contributed by atoms with E-state index >= 15 is 0 Å². The monoisotopic (exact) mass is 329 g/mol. The summed E-state index contributed by atoms with van der Waals surface area (Å²) in [7, 11) is 0. The van der Waals surface area contributed by atoms with Crippen molar-refractivity contribution >= 4 is 28.4 Å². The van der Waals surface area contributed by atoms with Gasteiger partial charge < -0.3 is 9.94 Å². The van der Waals surface area contributed by atoms with Gasteiger partial charge in [-0.2, -0.15) is 0 Å². The predicted octanol–water partition coefficient (Wildman–Crippen LogP) is 5.43. The molecule has 0 amide bonds. The molecule has 2 aromatic rings. The maximum atomic E-state index is 8.92. The Morgan fingerprint density at radius 3 is 2.39 bits per heavy atom. The molecule has 0 aliphatic rings. The van der Waals surface area contributed by atoms with E-state index in [0.717, 1.165) is 29.7 Å². The second-order valence-electron chi connectivity index (χ2n) is 5.06. The van der Waals surface area contributed by atoms with Crippen LogP contribution in [0.15, 0.2) is 59.8 Å². The average Bonchev–Trinajstić information content (AvgIpc) is 2.61. The van der Waals surface area contributed by atoms with Crippen LogP contribution in [0.3, 0.4) is 0 Å². The molecule has 0 radical (unpaired) electrons. The molecule has 0 spiro atoms. The Hall–Kier alpha value is -2.26. The molecule has 0 heterocycles. The summed E-state index contributed by atoms with van der Waals surface area (Å²) in [4.78, 5) is 0. The lowest BCUT2D eigenvalue weighted by atomic mass is 10.0. The molecule has 0 fully saturated rings. The summed E-state index contributed by atoms with van der Waals surface area (Å²) in [5.41, 5.74) is 2.39. The number of allylic oxidation sites excluding steroid dienone is 1. The first kappa shape index (κ1) is 17.1. The Kier molecular flexibility index (Phi) is 6.70. The second-order valence-corrected chi connectivity index (χ2v) is 5.44. The fourth-order valence-corrected chi connectivity index (χ4v) is 2.40. The molecule has 4 heteroatoms. The van der Waals surface area contributed by atoms with Crippen LogP contribution in [0.5, 0.6) is 5.75 Å². The van der Waals surface area contributed by atoms with Crippen LogP contribution in [0.4, 0.5) is 0 Å². The number of ether oxygens (including phenoxy) is 1. The maximum Gasteiger partial charge on any atom is 0.119 e. The maximum absolute atomic E-state index is 8.92. The van der Waals surface area contributed by atoms with E-state index < -0.39 is 0 Å². The van der Waals surface area contributed by atoms with E-state index in [1.54, 1.807) is 0 Å². The minimum atomic E-state index is 0.522. The van der Waals surface area contributed by atoms with Crippen molar-refractivity contribution in [1.29, 1.82) is 0 Å². The van der Waals surface area contributed by atoms with Crippen LogP contribution in [-0.4, -0.2) is 18.0 Å². The number of benzene rings is 2. The van der Waals surface area contributed by atoms with Crippen molar-refractivity contribution in [1.82, 2.24) is 0 Å². The highest BCUT2D eigenvalue weighted by molar-refractivity contribution is 6.56. The van der Waals surface area contributed by atoms with Gasteiger partial charge >= 0.3 is 0 Å². The van der Waals surface area contributed by atoms with E-state index in [1.165, 1.54) is 6.21 Å². The summed E-state index contributed by atoms with van der Waals surface area (Å²) in [6.45, 7) is 2.84. The zero-order valence-corrected chi connectivity index (χ0v) is 13.8. The van der Waals surface area contributed by atoms with Gasteiger partial charge in [0.2, 0.25) is 0 Å². The molecule has 0 atom stereocenters. The van der Waals surface area contributed by atoms with Gasteiger partial charge in [-0.25, -0.2) is 0 Å². The third-order valence-electron chi connectivity index (χ3n) is 3.38. The molecular formula is C19H20ClNO2. The van der Waals surface area contributed by atoms with Gasteiger partial charge in [-0.15, -0.1) is 0 Å². The van der Waals surface area contributed by atoms with Gasteiger partial charge in [0, 0.05) is 5.57 Å². The highest BCUT2D eigenvalue weighted by Crippen LogP contribution is 2.29. The van der Waals surface area contributed by atoms with Gasteiger partial charge in [0.15, 0.2) is 0 Å². The van der Waals surface area contributed by atoms with Gasteiger partial charge in [0.25, 0.3) is 0 Å². The Labute approximate surface area is 141 Å². The smallest absolute Gasteiger partial charge is 0.119 e. The van der Waals surface area contributed by atoms with Crippen molar-refractivity contribution in [3.8, 4) is 5.75 Å². The van der Waals surface area contributed by atoms with E-state index in [-0.39, 0.29) is 0 Å². The van der Waals surface area contributed by atoms with Gasteiger partial charge in [0.1, 0.15) is 5.75 Å². The molecule has 0 aromatic heterocycles. The van der Waals surface area contributed by atoms with Gasteiger partial charge in [0.05, 0.1) is 17.9 Å². The lowest BCUT2D eigenvalue weighted by molar-refractivity contribution is 0.309. The van der Waals surface area contributed by atoms with Crippen molar-refractivity contribution in [2.45, 2.75) is 19.8 Å². The van der Waals surface area contributed by atoms with E-state index in [4.69, 9.17) is 21.5 Å². The highest BCUT2D eigenvalue weighted by Gasteiger charge is 2.08. The summed E-state index contributed by atoms with van der Waals surface area (Å²) in [5, 5.41) is 12.6. The number of nitrogens with zero attached hydrogens (tertiary/aromatic N) is 1. The fourth-order valence-electron chi connectivity index (χ4n) is 2.12. The third kappa shape index (κ3) is 4.86.